The molecule has 7 nitrogen and oxygen atoms in total. The third-order valence-electron chi connectivity index (χ3n) is 7.68. The molecule has 2 amide bonds. The highest BCUT2D eigenvalue weighted by molar-refractivity contribution is 5.87. The van der Waals surface area contributed by atoms with E-state index in [1.807, 2.05) is 38.1 Å². The highest BCUT2D eigenvalue weighted by Crippen LogP contribution is 2.44. The number of ether oxygens (including phenoxy) is 1. The molecular weight excluding hydrogens is 444 g/mol. The average Bonchev–Trinajstić information content (AvgIpc) is 3.19. The summed E-state index contributed by atoms with van der Waals surface area (Å²) in [7, 11) is 0. The van der Waals surface area contributed by atoms with Crippen molar-refractivity contribution in [3.63, 3.8) is 0 Å². The zero-order valence-corrected chi connectivity index (χ0v) is 20.6. The summed E-state index contributed by atoms with van der Waals surface area (Å²) in [6.45, 7) is 6.31. The molecule has 2 aromatic rings. The van der Waals surface area contributed by atoms with E-state index >= 15 is 0 Å². The number of carboxylic acids is 1. The van der Waals surface area contributed by atoms with Gasteiger partial charge in [-0.3, -0.25) is 9.59 Å². The van der Waals surface area contributed by atoms with Crippen molar-refractivity contribution < 1.29 is 24.2 Å². The van der Waals surface area contributed by atoms with Crippen molar-refractivity contribution in [3.05, 3.63) is 59.7 Å². The zero-order chi connectivity index (χ0) is 25.1. The molecule has 2 aliphatic rings. The van der Waals surface area contributed by atoms with E-state index in [-0.39, 0.29) is 24.3 Å². The second kappa shape index (κ2) is 10.5. The van der Waals surface area contributed by atoms with Gasteiger partial charge in [0.15, 0.2) is 0 Å². The minimum absolute atomic E-state index is 0.0654. The van der Waals surface area contributed by atoms with E-state index < -0.39 is 30.1 Å². The van der Waals surface area contributed by atoms with Crippen LogP contribution in [0.15, 0.2) is 48.5 Å². The first-order valence-corrected chi connectivity index (χ1v) is 12.5. The third-order valence-corrected chi connectivity index (χ3v) is 7.68. The molecule has 1 aliphatic heterocycles. The summed E-state index contributed by atoms with van der Waals surface area (Å²) < 4.78 is 5.67. The summed E-state index contributed by atoms with van der Waals surface area (Å²) in [4.78, 5) is 39.6. The van der Waals surface area contributed by atoms with E-state index in [4.69, 9.17) is 4.74 Å². The van der Waals surface area contributed by atoms with E-state index in [9.17, 15) is 19.5 Å². The van der Waals surface area contributed by atoms with Crippen molar-refractivity contribution in [3.8, 4) is 11.1 Å². The van der Waals surface area contributed by atoms with Crippen LogP contribution in [0.2, 0.25) is 0 Å². The number of hydrogen-bond acceptors (Lipinski definition) is 4. The van der Waals surface area contributed by atoms with Gasteiger partial charge >= 0.3 is 12.1 Å². The highest BCUT2D eigenvalue weighted by atomic mass is 16.5. The van der Waals surface area contributed by atoms with Crippen LogP contribution >= 0.6 is 0 Å². The number of benzene rings is 2. The maximum atomic E-state index is 13.5. The van der Waals surface area contributed by atoms with Crippen LogP contribution in [0.25, 0.3) is 11.1 Å². The number of amides is 2. The zero-order valence-electron chi connectivity index (χ0n) is 20.6. The van der Waals surface area contributed by atoms with Gasteiger partial charge in [-0.05, 0) is 47.9 Å². The van der Waals surface area contributed by atoms with Gasteiger partial charge in [-0.2, -0.15) is 0 Å². The third kappa shape index (κ3) is 4.90. The fourth-order valence-electron chi connectivity index (χ4n) is 5.41. The lowest BCUT2D eigenvalue weighted by Crippen LogP contribution is -2.57. The molecule has 0 bridgehead atoms. The summed E-state index contributed by atoms with van der Waals surface area (Å²) in [6, 6.07) is 15.1. The summed E-state index contributed by atoms with van der Waals surface area (Å²) in [6.07, 6.45) is 1.23. The molecule has 4 atom stereocenters. The van der Waals surface area contributed by atoms with Crippen molar-refractivity contribution >= 4 is 18.0 Å². The molecule has 0 radical (unpaired) electrons. The number of aliphatic carboxylic acids is 1. The minimum Gasteiger partial charge on any atom is -0.481 e. The molecule has 0 aromatic heterocycles. The minimum atomic E-state index is -0.889. The smallest absolute Gasteiger partial charge is 0.407 e. The first-order chi connectivity index (χ1) is 16.8. The fraction of sp³-hybridized carbons (Fsp3) is 0.464. The van der Waals surface area contributed by atoms with Gasteiger partial charge in [0.25, 0.3) is 0 Å². The fourth-order valence-corrected chi connectivity index (χ4v) is 5.41. The molecule has 1 aliphatic carbocycles. The quantitative estimate of drug-likeness (QED) is 0.604. The second-order valence-corrected chi connectivity index (χ2v) is 9.69. The van der Waals surface area contributed by atoms with Crippen LogP contribution in [-0.2, 0) is 14.3 Å². The SMILES string of the molecule is CCC(C)[C@H](NC(=O)OCC1c2ccccc2-c2ccccc21)C(=O)N1CCCC(C(=O)O)C1C. The molecule has 2 aromatic carbocycles. The maximum absolute atomic E-state index is 13.5. The Morgan fingerprint density at radius 1 is 1.09 bits per heavy atom. The molecule has 1 fully saturated rings. The topological polar surface area (TPSA) is 95.9 Å². The monoisotopic (exact) mass is 478 g/mol. The van der Waals surface area contributed by atoms with Crippen LogP contribution in [0.5, 0.6) is 0 Å². The molecule has 7 heteroatoms. The molecule has 186 valence electrons. The number of rotatable bonds is 7. The number of alkyl carbamates (subject to hydrolysis) is 1. The normalized spacial score (nSPS) is 20.9. The molecule has 4 rings (SSSR count). The Morgan fingerprint density at radius 2 is 1.69 bits per heavy atom. The highest BCUT2D eigenvalue weighted by Gasteiger charge is 2.39. The molecular formula is C28H34N2O5. The van der Waals surface area contributed by atoms with Gasteiger partial charge < -0.3 is 20.1 Å². The Balaban J connectivity index is 1.45. The molecule has 0 spiro atoms. The summed E-state index contributed by atoms with van der Waals surface area (Å²) >= 11 is 0. The number of nitrogens with zero attached hydrogens (tertiary/aromatic N) is 1. The molecule has 2 N–H and O–H groups in total. The first kappa shape index (κ1) is 24.8. The van der Waals surface area contributed by atoms with E-state index in [1.54, 1.807) is 11.8 Å². The van der Waals surface area contributed by atoms with Gasteiger partial charge in [-0.1, -0.05) is 68.8 Å². The second-order valence-electron chi connectivity index (χ2n) is 9.69. The largest absolute Gasteiger partial charge is 0.481 e. The summed E-state index contributed by atoms with van der Waals surface area (Å²) in [5.74, 6) is -1.92. The van der Waals surface area contributed by atoms with Crippen molar-refractivity contribution in [2.24, 2.45) is 11.8 Å². The maximum Gasteiger partial charge on any atom is 0.407 e. The van der Waals surface area contributed by atoms with Gasteiger partial charge in [0.05, 0.1) is 5.92 Å². The van der Waals surface area contributed by atoms with Gasteiger partial charge in [-0.15, -0.1) is 0 Å². The van der Waals surface area contributed by atoms with Crippen LogP contribution in [-0.4, -0.2) is 53.2 Å². The number of piperidine rings is 1. The lowest BCUT2D eigenvalue weighted by molar-refractivity contribution is -0.150. The van der Waals surface area contributed by atoms with Crippen molar-refractivity contribution in [2.75, 3.05) is 13.2 Å². The van der Waals surface area contributed by atoms with Crippen LogP contribution in [0, 0.1) is 11.8 Å². The molecule has 0 saturated carbocycles. The number of carbonyl (C=O) groups excluding carboxylic acids is 2. The van der Waals surface area contributed by atoms with E-state index in [2.05, 4.69) is 29.6 Å². The molecule has 3 unspecified atom stereocenters. The summed E-state index contributed by atoms with van der Waals surface area (Å²) in [5, 5.41) is 12.3. The number of fused-ring (bicyclic) bond motifs is 3. The van der Waals surface area contributed by atoms with Gasteiger partial charge in [0.1, 0.15) is 12.6 Å². The van der Waals surface area contributed by atoms with E-state index in [0.717, 1.165) is 22.3 Å². The number of carbonyl (C=O) groups is 3. The van der Waals surface area contributed by atoms with Crippen LogP contribution in [0.3, 0.4) is 0 Å². The Labute approximate surface area is 206 Å². The number of carboxylic acid groups (broad SMARTS) is 1. The lowest BCUT2D eigenvalue weighted by Gasteiger charge is -2.40. The van der Waals surface area contributed by atoms with Crippen LogP contribution in [0.4, 0.5) is 4.79 Å². The summed E-state index contributed by atoms with van der Waals surface area (Å²) in [5.41, 5.74) is 4.55. The van der Waals surface area contributed by atoms with E-state index in [0.29, 0.717) is 25.8 Å². The Bertz CT molecular complexity index is 1050. The van der Waals surface area contributed by atoms with Gasteiger partial charge in [0, 0.05) is 18.5 Å². The predicted molar refractivity (Wildman–Crippen MR) is 133 cm³/mol. The standard InChI is InChI=1S/C28H34N2O5/c1-4-17(2)25(26(31)30-15-9-14-19(18(30)3)27(32)33)29-28(34)35-16-24-22-12-7-5-10-20(22)21-11-6-8-13-23(21)24/h5-8,10-13,17-19,24-25H,4,9,14-16H2,1-3H3,(H,29,34)(H,32,33)/t17?,18?,19?,25-/m0/s1. The Morgan fingerprint density at radius 3 is 2.26 bits per heavy atom. The van der Waals surface area contributed by atoms with Crippen molar-refractivity contribution in [2.45, 2.75) is 58.0 Å². The molecule has 35 heavy (non-hydrogen) atoms. The molecule has 1 heterocycles. The first-order valence-electron chi connectivity index (χ1n) is 12.5. The Kier molecular flexibility index (Phi) is 7.43. The van der Waals surface area contributed by atoms with Crippen molar-refractivity contribution in [1.82, 2.24) is 10.2 Å². The van der Waals surface area contributed by atoms with E-state index in [1.165, 1.54) is 0 Å². The van der Waals surface area contributed by atoms with Crippen LogP contribution in [0.1, 0.15) is 57.1 Å². The average molecular weight is 479 g/mol. The number of hydrogen-bond donors (Lipinski definition) is 2. The molecule has 1 saturated heterocycles. The predicted octanol–water partition coefficient (Wildman–Crippen LogP) is 4.65. The number of nitrogens with one attached hydrogen (secondary N) is 1. The van der Waals surface area contributed by atoms with Crippen LogP contribution < -0.4 is 5.32 Å². The lowest BCUT2D eigenvalue weighted by atomic mass is 9.88. The Hall–Kier alpha value is -3.35. The van der Waals surface area contributed by atoms with Crippen molar-refractivity contribution in [1.29, 1.82) is 0 Å². The number of likely N-dealkylation sites (tertiary alicyclic amines) is 1. The van der Waals surface area contributed by atoms with Gasteiger partial charge in [-0.25, -0.2) is 4.79 Å². The van der Waals surface area contributed by atoms with Gasteiger partial charge in [0.2, 0.25) is 5.91 Å².